The normalized spacial score (nSPS) is 11.6. The van der Waals surface area contributed by atoms with Crippen LogP contribution >= 0.6 is 0 Å². The number of Topliss-reactive ketones (excluding diaryl/α,β-unsaturated/α-hetero) is 1. The van der Waals surface area contributed by atoms with E-state index >= 15 is 0 Å². The number of unbranched alkanes of at least 4 members (excludes halogenated alkanes) is 10. The molecule has 0 N–H and O–H groups in total. The van der Waals surface area contributed by atoms with Crippen LogP contribution in [-0.4, -0.2) is 20.0 Å². The number of sulfone groups is 1. The van der Waals surface area contributed by atoms with Crippen LogP contribution in [0.2, 0.25) is 0 Å². The molecule has 0 saturated carbocycles. The highest BCUT2D eigenvalue weighted by Crippen LogP contribution is 2.14. The smallest absolute Gasteiger partial charge is 0.185 e. The molecule has 0 amide bonds. The highest BCUT2D eigenvalue weighted by Gasteiger charge is 2.18. The molecule has 1 rings (SSSR count). The van der Waals surface area contributed by atoms with Crippen LogP contribution in [0.3, 0.4) is 0 Å². The van der Waals surface area contributed by atoms with E-state index in [-0.39, 0.29) is 16.4 Å². The molecule has 0 heterocycles. The predicted octanol–water partition coefficient (Wildman–Crippen LogP) is 5.73. The van der Waals surface area contributed by atoms with Crippen molar-refractivity contribution in [3.63, 3.8) is 0 Å². The minimum Gasteiger partial charge on any atom is -0.299 e. The Morgan fingerprint density at radius 2 is 1.24 bits per heavy atom. The summed E-state index contributed by atoms with van der Waals surface area (Å²) < 4.78 is 24.2. The van der Waals surface area contributed by atoms with E-state index in [9.17, 15) is 13.2 Å². The van der Waals surface area contributed by atoms with Gasteiger partial charge in [0.05, 0.1) is 4.90 Å². The Bertz CT molecular complexity index is 564. The average Bonchev–Trinajstić information content (AvgIpc) is 2.60. The predicted molar refractivity (Wildman–Crippen MR) is 105 cm³/mol. The Kier molecular flexibility index (Phi) is 11.5. The highest BCUT2D eigenvalue weighted by molar-refractivity contribution is 7.92. The second-order valence-electron chi connectivity index (χ2n) is 6.90. The Labute approximate surface area is 154 Å². The molecule has 0 aromatic heterocycles. The average molecular weight is 367 g/mol. The van der Waals surface area contributed by atoms with Crippen LogP contribution in [0.15, 0.2) is 35.2 Å². The molecule has 3 nitrogen and oxygen atoms in total. The zero-order valence-corrected chi connectivity index (χ0v) is 16.5. The van der Waals surface area contributed by atoms with Gasteiger partial charge in [-0.1, -0.05) is 89.3 Å². The van der Waals surface area contributed by atoms with Crippen LogP contribution in [0, 0.1) is 0 Å². The summed E-state index contributed by atoms with van der Waals surface area (Å²) in [7, 11) is -3.47. The molecular formula is C21H34O3S. The van der Waals surface area contributed by atoms with Crippen LogP contribution in [0.25, 0.3) is 0 Å². The lowest BCUT2D eigenvalue weighted by atomic mass is 10.0. The third-order valence-electron chi connectivity index (χ3n) is 4.51. The molecule has 25 heavy (non-hydrogen) atoms. The number of benzene rings is 1. The van der Waals surface area contributed by atoms with Crippen LogP contribution in [0.1, 0.15) is 84.0 Å². The van der Waals surface area contributed by atoms with Gasteiger partial charge >= 0.3 is 0 Å². The van der Waals surface area contributed by atoms with Crippen LogP contribution < -0.4 is 0 Å². The summed E-state index contributed by atoms with van der Waals surface area (Å²) in [5.41, 5.74) is 0. The molecular weight excluding hydrogens is 332 g/mol. The summed E-state index contributed by atoms with van der Waals surface area (Å²) in [4.78, 5) is 12.2. The Morgan fingerprint density at radius 3 is 1.76 bits per heavy atom. The van der Waals surface area contributed by atoms with Crippen molar-refractivity contribution < 1.29 is 13.2 Å². The van der Waals surface area contributed by atoms with Crippen LogP contribution in [0.5, 0.6) is 0 Å². The highest BCUT2D eigenvalue weighted by atomic mass is 32.2. The van der Waals surface area contributed by atoms with Gasteiger partial charge in [-0.15, -0.1) is 0 Å². The molecule has 142 valence electrons. The van der Waals surface area contributed by atoms with Gasteiger partial charge in [-0.25, -0.2) is 8.42 Å². The number of carbonyl (C=O) groups excluding carboxylic acids is 1. The molecule has 0 radical (unpaired) electrons. The first kappa shape index (κ1) is 21.9. The first-order chi connectivity index (χ1) is 12.1. The second-order valence-corrected chi connectivity index (χ2v) is 8.89. The van der Waals surface area contributed by atoms with E-state index in [1.165, 1.54) is 51.4 Å². The van der Waals surface area contributed by atoms with E-state index in [0.29, 0.717) is 6.42 Å². The molecule has 0 fully saturated rings. The Hall–Kier alpha value is -1.16. The van der Waals surface area contributed by atoms with Crippen molar-refractivity contribution in [2.75, 3.05) is 5.75 Å². The maximum absolute atomic E-state index is 12.1. The zero-order valence-electron chi connectivity index (χ0n) is 15.7. The van der Waals surface area contributed by atoms with Gasteiger partial charge in [-0.05, 0) is 18.6 Å². The Balaban J connectivity index is 2.04. The third-order valence-corrected chi connectivity index (χ3v) is 6.20. The van der Waals surface area contributed by atoms with Crippen molar-refractivity contribution in [2.45, 2.75) is 88.9 Å². The van der Waals surface area contributed by atoms with E-state index in [1.54, 1.807) is 30.3 Å². The maximum atomic E-state index is 12.1. The quantitative estimate of drug-likeness (QED) is 0.372. The summed E-state index contributed by atoms with van der Waals surface area (Å²) >= 11 is 0. The maximum Gasteiger partial charge on any atom is 0.185 e. The Morgan fingerprint density at radius 1 is 0.760 bits per heavy atom. The van der Waals surface area contributed by atoms with Gasteiger partial charge in [0.15, 0.2) is 9.84 Å². The molecule has 4 heteroatoms. The van der Waals surface area contributed by atoms with Crippen LogP contribution in [0.4, 0.5) is 0 Å². The number of hydrogen-bond donors (Lipinski definition) is 0. The summed E-state index contributed by atoms with van der Waals surface area (Å²) in [6, 6.07) is 8.23. The number of hydrogen-bond acceptors (Lipinski definition) is 3. The monoisotopic (exact) mass is 366 g/mol. The van der Waals surface area contributed by atoms with Gasteiger partial charge in [0.25, 0.3) is 0 Å². The van der Waals surface area contributed by atoms with E-state index in [1.807, 2.05) is 0 Å². The van der Waals surface area contributed by atoms with Crippen molar-refractivity contribution in [3.8, 4) is 0 Å². The molecule has 0 spiro atoms. The van der Waals surface area contributed by atoms with Gasteiger partial charge < -0.3 is 0 Å². The first-order valence-electron chi connectivity index (χ1n) is 9.86. The number of ketones is 1. The lowest BCUT2D eigenvalue weighted by Crippen LogP contribution is -2.16. The van der Waals surface area contributed by atoms with Gasteiger partial charge in [0.1, 0.15) is 11.5 Å². The van der Waals surface area contributed by atoms with E-state index < -0.39 is 9.84 Å². The molecule has 0 aliphatic rings. The molecule has 0 saturated heterocycles. The molecule has 0 atom stereocenters. The standard InChI is InChI=1S/C21H34O3S/c1-2-3-4-5-6-7-8-9-10-11-13-16-20(22)19-25(23,24)21-17-14-12-15-18-21/h12,14-15,17-18H,2-11,13,16,19H2,1H3. The molecule has 0 aliphatic carbocycles. The largest absolute Gasteiger partial charge is 0.299 e. The summed E-state index contributed by atoms with van der Waals surface area (Å²) in [6.07, 6.45) is 13.9. The van der Waals surface area contributed by atoms with Gasteiger partial charge in [0.2, 0.25) is 0 Å². The SMILES string of the molecule is CCCCCCCCCCCCCC(=O)CS(=O)(=O)c1ccccc1. The molecule has 0 bridgehead atoms. The molecule has 1 aromatic rings. The fourth-order valence-electron chi connectivity index (χ4n) is 2.98. The summed E-state index contributed by atoms with van der Waals surface area (Å²) in [5.74, 6) is -0.533. The van der Waals surface area contributed by atoms with Gasteiger partial charge in [-0.2, -0.15) is 0 Å². The second kappa shape index (κ2) is 13.1. The fraction of sp³-hybridized carbons (Fsp3) is 0.667. The van der Waals surface area contributed by atoms with Gasteiger partial charge in [0, 0.05) is 6.42 Å². The van der Waals surface area contributed by atoms with Gasteiger partial charge in [-0.3, -0.25) is 4.79 Å². The number of rotatable bonds is 15. The molecule has 1 aromatic carbocycles. The van der Waals surface area contributed by atoms with Crippen molar-refractivity contribution >= 4 is 15.6 Å². The topological polar surface area (TPSA) is 51.2 Å². The summed E-state index contributed by atoms with van der Waals surface area (Å²) in [6.45, 7) is 2.24. The van der Waals surface area contributed by atoms with Crippen molar-refractivity contribution in [3.05, 3.63) is 30.3 Å². The summed E-state index contributed by atoms with van der Waals surface area (Å²) in [5, 5.41) is 0. The van der Waals surface area contributed by atoms with Crippen molar-refractivity contribution in [1.82, 2.24) is 0 Å². The van der Waals surface area contributed by atoms with Crippen LogP contribution in [-0.2, 0) is 14.6 Å². The fourth-order valence-corrected chi connectivity index (χ4v) is 4.29. The third kappa shape index (κ3) is 10.4. The zero-order chi connectivity index (χ0) is 18.4. The van der Waals surface area contributed by atoms with E-state index in [4.69, 9.17) is 0 Å². The minimum atomic E-state index is -3.47. The number of carbonyl (C=O) groups is 1. The van der Waals surface area contributed by atoms with E-state index in [2.05, 4.69) is 6.92 Å². The van der Waals surface area contributed by atoms with E-state index in [0.717, 1.165) is 19.3 Å². The molecule has 0 unspecified atom stereocenters. The lowest BCUT2D eigenvalue weighted by molar-refractivity contribution is -0.116. The lowest BCUT2D eigenvalue weighted by Gasteiger charge is -2.04. The minimum absolute atomic E-state index is 0.167. The first-order valence-corrected chi connectivity index (χ1v) is 11.5. The van der Waals surface area contributed by atoms with Crippen molar-refractivity contribution in [1.29, 1.82) is 0 Å². The van der Waals surface area contributed by atoms with Crippen molar-refractivity contribution in [2.24, 2.45) is 0 Å². The molecule has 0 aliphatic heterocycles.